The number of hydrazone groups is 1. The van der Waals surface area contributed by atoms with Crippen molar-refractivity contribution in [2.75, 3.05) is 18.1 Å². The predicted octanol–water partition coefficient (Wildman–Crippen LogP) is 7.08. The van der Waals surface area contributed by atoms with Gasteiger partial charge in [0.2, 0.25) is 0 Å². The van der Waals surface area contributed by atoms with Crippen molar-refractivity contribution in [3.8, 4) is 11.5 Å². The maximum absolute atomic E-state index is 12.4. The summed E-state index contributed by atoms with van der Waals surface area (Å²) in [5.41, 5.74) is 5.49. The number of carbonyl (C=O) groups excluding carboxylic acids is 1. The van der Waals surface area contributed by atoms with Gasteiger partial charge in [-0.05, 0) is 40.6 Å². The highest BCUT2D eigenvalue weighted by Crippen LogP contribution is 2.45. The summed E-state index contributed by atoms with van der Waals surface area (Å²) < 4.78 is 12.2. The third-order valence-electron chi connectivity index (χ3n) is 5.80. The number of amides is 1. The summed E-state index contributed by atoms with van der Waals surface area (Å²) in [6.45, 7) is 0.185. The molecule has 4 aromatic carbocycles. The Morgan fingerprint density at radius 3 is 2.51 bits per heavy atom. The monoisotopic (exact) mass is 548 g/mol. The summed E-state index contributed by atoms with van der Waals surface area (Å²) >= 11 is 10.2. The van der Waals surface area contributed by atoms with Gasteiger partial charge in [0.15, 0.2) is 6.61 Å². The molecule has 0 aliphatic carbocycles. The number of nitrogens with zero attached hydrogens (tertiary/aromatic N) is 1. The molecule has 1 amide bonds. The van der Waals surface area contributed by atoms with Crippen molar-refractivity contribution in [3.05, 3.63) is 107 Å². The molecule has 0 saturated carbocycles. The molecular weight excluding hydrogens is 524 g/mol. The molecular formula is C29H25ClN2O3S2. The molecule has 5 nitrogen and oxygen atoms in total. The number of fused-ring (bicyclic) bond motifs is 1. The van der Waals surface area contributed by atoms with Gasteiger partial charge in [-0.3, -0.25) is 4.79 Å². The van der Waals surface area contributed by atoms with E-state index < -0.39 is 0 Å². The van der Waals surface area contributed by atoms with E-state index in [1.54, 1.807) is 6.21 Å². The van der Waals surface area contributed by atoms with Crippen molar-refractivity contribution in [2.45, 2.75) is 11.2 Å². The molecule has 5 rings (SSSR count). The van der Waals surface area contributed by atoms with E-state index in [1.807, 2.05) is 96.3 Å². The second-order valence-corrected chi connectivity index (χ2v) is 11.4. The number of nitrogens with one attached hydrogen (secondary N) is 1. The van der Waals surface area contributed by atoms with Crippen LogP contribution in [0.1, 0.15) is 21.3 Å². The minimum Gasteiger partial charge on any atom is -0.488 e. The molecule has 0 bridgehead atoms. The summed E-state index contributed by atoms with van der Waals surface area (Å²) in [4.78, 5) is 12.4. The molecule has 1 aliphatic rings. The second kappa shape index (κ2) is 12.4. The van der Waals surface area contributed by atoms with Crippen LogP contribution in [0.3, 0.4) is 0 Å². The zero-order valence-electron chi connectivity index (χ0n) is 19.9. The Labute approximate surface area is 229 Å². The predicted molar refractivity (Wildman–Crippen MR) is 155 cm³/mol. The topological polar surface area (TPSA) is 59.9 Å². The quantitative estimate of drug-likeness (QED) is 0.179. The Morgan fingerprint density at radius 1 is 0.946 bits per heavy atom. The Kier molecular flexibility index (Phi) is 8.56. The van der Waals surface area contributed by atoms with E-state index in [1.165, 1.54) is 17.1 Å². The lowest BCUT2D eigenvalue weighted by Crippen LogP contribution is -2.24. The van der Waals surface area contributed by atoms with Gasteiger partial charge in [-0.1, -0.05) is 72.3 Å². The number of rotatable bonds is 9. The van der Waals surface area contributed by atoms with Gasteiger partial charge in [0.05, 0.1) is 10.8 Å². The smallest absolute Gasteiger partial charge is 0.277 e. The Bertz CT molecular complexity index is 1410. The van der Waals surface area contributed by atoms with Crippen LogP contribution in [-0.4, -0.2) is 30.2 Å². The van der Waals surface area contributed by atoms with Gasteiger partial charge in [-0.2, -0.15) is 5.10 Å². The summed E-state index contributed by atoms with van der Waals surface area (Å²) in [6, 6.07) is 27.4. The van der Waals surface area contributed by atoms with Crippen LogP contribution in [0, 0.1) is 0 Å². The van der Waals surface area contributed by atoms with Gasteiger partial charge >= 0.3 is 0 Å². The standard InChI is InChI=1S/C29H25ClN2O3S2/c30-26-8-4-2-6-22(26)18-35-27-14-11-20-5-1-3-7-24(20)25(27)17-31-32-28(33)19-34-23-12-9-21(10-13-23)29-36-15-16-37-29/h1-14,17,29H,15-16,18-19H2,(H,32,33)/b31-17-. The number of hydrogen-bond acceptors (Lipinski definition) is 6. The molecule has 1 fully saturated rings. The van der Waals surface area contributed by atoms with E-state index in [0.29, 0.717) is 27.7 Å². The minimum absolute atomic E-state index is 0.130. The number of ether oxygens (including phenoxy) is 2. The zero-order valence-corrected chi connectivity index (χ0v) is 22.3. The molecule has 1 N–H and O–H groups in total. The highest BCUT2D eigenvalue weighted by Gasteiger charge is 2.18. The van der Waals surface area contributed by atoms with Crippen LogP contribution >= 0.6 is 35.1 Å². The Morgan fingerprint density at radius 2 is 1.70 bits per heavy atom. The zero-order chi connectivity index (χ0) is 25.5. The van der Waals surface area contributed by atoms with Crippen LogP contribution in [0.25, 0.3) is 10.8 Å². The molecule has 0 radical (unpaired) electrons. The molecule has 0 aromatic heterocycles. The van der Waals surface area contributed by atoms with E-state index in [2.05, 4.69) is 22.7 Å². The molecule has 37 heavy (non-hydrogen) atoms. The molecule has 8 heteroatoms. The number of benzene rings is 4. The number of hydrogen-bond donors (Lipinski definition) is 1. The van der Waals surface area contributed by atoms with Crippen LogP contribution in [0.4, 0.5) is 0 Å². The van der Waals surface area contributed by atoms with E-state index in [-0.39, 0.29) is 12.5 Å². The molecule has 0 unspecified atom stereocenters. The van der Waals surface area contributed by atoms with E-state index in [9.17, 15) is 4.79 Å². The lowest BCUT2D eigenvalue weighted by atomic mass is 10.0. The number of halogens is 1. The third kappa shape index (κ3) is 6.60. The van der Waals surface area contributed by atoms with Crippen LogP contribution < -0.4 is 14.9 Å². The maximum atomic E-state index is 12.4. The third-order valence-corrected chi connectivity index (χ3v) is 9.27. The average molecular weight is 549 g/mol. The first-order valence-corrected chi connectivity index (χ1v) is 14.3. The fraction of sp³-hybridized carbons (Fsp3) is 0.172. The SMILES string of the molecule is O=C(COc1ccc(C2SCCS2)cc1)N/N=C\c1c(OCc2ccccc2Cl)ccc2ccccc12. The van der Waals surface area contributed by atoms with Crippen molar-refractivity contribution < 1.29 is 14.3 Å². The van der Waals surface area contributed by atoms with Gasteiger partial charge in [-0.15, -0.1) is 23.5 Å². The molecule has 0 atom stereocenters. The number of carbonyl (C=O) groups is 1. The van der Waals surface area contributed by atoms with Crippen LogP contribution in [0.15, 0.2) is 90.0 Å². The summed E-state index contributed by atoms with van der Waals surface area (Å²) in [5, 5.41) is 6.85. The van der Waals surface area contributed by atoms with Crippen molar-refractivity contribution in [1.82, 2.24) is 5.43 Å². The molecule has 188 valence electrons. The maximum Gasteiger partial charge on any atom is 0.277 e. The molecule has 0 spiro atoms. The molecule has 1 heterocycles. The first-order valence-electron chi connectivity index (χ1n) is 11.8. The average Bonchev–Trinajstić information content (AvgIpc) is 3.47. The Hall–Kier alpha value is -3.13. The summed E-state index contributed by atoms with van der Waals surface area (Å²) in [6.07, 6.45) is 1.61. The van der Waals surface area contributed by atoms with Crippen LogP contribution in [-0.2, 0) is 11.4 Å². The van der Waals surface area contributed by atoms with Crippen molar-refractivity contribution >= 4 is 58.0 Å². The fourth-order valence-electron chi connectivity index (χ4n) is 3.93. The summed E-state index contributed by atoms with van der Waals surface area (Å²) in [7, 11) is 0. The van der Waals surface area contributed by atoms with E-state index >= 15 is 0 Å². The van der Waals surface area contributed by atoms with Crippen LogP contribution in [0.2, 0.25) is 5.02 Å². The molecule has 4 aromatic rings. The number of thioether (sulfide) groups is 2. The van der Waals surface area contributed by atoms with Gasteiger partial charge in [0, 0.05) is 27.7 Å². The van der Waals surface area contributed by atoms with Crippen LogP contribution in [0.5, 0.6) is 11.5 Å². The lowest BCUT2D eigenvalue weighted by Gasteiger charge is -2.12. The first kappa shape index (κ1) is 25.5. The second-order valence-electron chi connectivity index (χ2n) is 8.30. The highest BCUT2D eigenvalue weighted by molar-refractivity contribution is 8.19. The minimum atomic E-state index is -0.346. The van der Waals surface area contributed by atoms with Gasteiger partial charge < -0.3 is 9.47 Å². The Balaban J connectivity index is 1.22. The first-order chi connectivity index (χ1) is 18.2. The van der Waals surface area contributed by atoms with Gasteiger partial charge in [-0.25, -0.2) is 5.43 Å². The molecule has 1 aliphatic heterocycles. The normalized spacial score (nSPS) is 13.8. The largest absolute Gasteiger partial charge is 0.488 e. The van der Waals surface area contributed by atoms with Crippen molar-refractivity contribution in [1.29, 1.82) is 0 Å². The fourth-order valence-corrected chi connectivity index (χ4v) is 6.98. The van der Waals surface area contributed by atoms with Crippen molar-refractivity contribution in [2.24, 2.45) is 5.10 Å². The summed E-state index contributed by atoms with van der Waals surface area (Å²) in [5.74, 6) is 3.32. The lowest BCUT2D eigenvalue weighted by molar-refractivity contribution is -0.123. The highest BCUT2D eigenvalue weighted by atomic mass is 35.5. The van der Waals surface area contributed by atoms with Gasteiger partial charge in [0.25, 0.3) is 5.91 Å². The van der Waals surface area contributed by atoms with Gasteiger partial charge in [0.1, 0.15) is 18.1 Å². The molecule has 1 saturated heterocycles. The van der Waals surface area contributed by atoms with E-state index in [0.717, 1.165) is 21.9 Å². The van der Waals surface area contributed by atoms with E-state index in [4.69, 9.17) is 21.1 Å². The van der Waals surface area contributed by atoms with Crippen molar-refractivity contribution in [3.63, 3.8) is 0 Å².